The highest BCUT2D eigenvalue weighted by atomic mass is 32.1. The maximum absolute atomic E-state index is 5.41. The molecule has 60 heavy (non-hydrogen) atoms. The Hall–Kier alpha value is -7.73. The number of aromatic nitrogens is 4. The Labute approximate surface area is 348 Å². The Kier molecular flexibility index (Phi) is 7.14. The van der Waals surface area contributed by atoms with Gasteiger partial charge in [0.05, 0.1) is 11.0 Å². The monoisotopic (exact) mass is 780 g/mol. The Morgan fingerprint density at radius 3 is 1.68 bits per heavy atom. The minimum atomic E-state index is 0.641. The molecule has 0 spiro atoms. The molecule has 13 rings (SSSR count). The molecule has 0 N–H and O–H groups in total. The van der Waals surface area contributed by atoms with Gasteiger partial charge in [0.2, 0.25) is 0 Å². The summed E-state index contributed by atoms with van der Waals surface area (Å²) < 4.78 is 4.86. The van der Waals surface area contributed by atoms with Crippen LogP contribution in [0, 0.1) is 0 Å². The number of benzene rings is 10. The lowest BCUT2D eigenvalue weighted by Crippen LogP contribution is -2.01. The summed E-state index contributed by atoms with van der Waals surface area (Å²) in [4.78, 5) is 15.9. The van der Waals surface area contributed by atoms with Crippen LogP contribution in [0.1, 0.15) is 0 Å². The number of hydrogen-bond acceptors (Lipinski definition) is 4. The Morgan fingerprint density at radius 2 is 0.917 bits per heavy atom. The van der Waals surface area contributed by atoms with E-state index in [2.05, 4.69) is 180 Å². The van der Waals surface area contributed by atoms with E-state index in [1.807, 2.05) is 29.5 Å². The lowest BCUT2D eigenvalue weighted by molar-refractivity contribution is 1.07. The number of rotatable bonds is 4. The molecule has 13 aromatic rings. The van der Waals surface area contributed by atoms with Gasteiger partial charge >= 0.3 is 0 Å². The van der Waals surface area contributed by atoms with Gasteiger partial charge in [0, 0.05) is 53.3 Å². The first-order valence-corrected chi connectivity index (χ1v) is 21.1. The summed E-state index contributed by atoms with van der Waals surface area (Å²) in [5.74, 6) is 1.92. The van der Waals surface area contributed by atoms with Crippen molar-refractivity contribution in [1.29, 1.82) is 0 Å². The summed E-state index contributed by atoms with van der Waals surface area (Å²) >= 11 is 1.83. The van der Waals surface area contributed by atoms with Gasteiger partial charge in [0.15, 0.2) is 17.5 Å². The summed E-state index contributed by atoms with van der Waals surface area (Å²) in [5, 5.41) is 14.5. The summed E-state index contributed by atoms with van der Waals surface area (Å²) in [6.07, 6.45) is 0. The van der Waals surface area contributed by atoms with E-state index >= 15 is 0 Å². The second-order valence-electron chi connectivity index (χ2n) is 15.6. The van der Waals surface area contributed by atoms with Crippen molar-refractivity contribution in [3.63, 3.8) is 0 Å². The molecule has 0 atom stereocenters. The Balaban J connectivity index is 1.16. The van der Waals surface area contributed by atoms with E-state index in [1.54, 1.807) is 0 Å². The normalized spacial score (nSPS) is 12.0. The van der Waals surface area contributed by atoms with E-state index in [-0.39, 0.29) is 0 Å². The molecule has 3 heterocycles. The van der Waals surface area contributed by atoms with E-state index in [9.17, 15) is 0 Å². The van der Waals surface area contributed by atoms with Gasteiger partial charge in [-0.1, -0.05) is 146 Å². The van der Waals surface area contributed by atoms with Gasteiger partial charge in [-0.2, -0.15) is 0 Å². The number of fused-ring (bicyclic) bond motifs is 11. The zero-order chi connectivity index (χ0) is 39.3. The summed E-state index contributed by atoms with van der Waals surface area (Å²) in [7, 11) is 0. The van der Waals surface area contributed by atoms with E-state index in [1.165, 1.54) is 63.3 Å². The van der Waals surface area contributed by atoms with Crippen molar-refractivity contribution in [3.05, 3.63) is 194 Å². The van der Waals surface area contributed by atoms with Crippen LogP contribution in [0.4, 0.5) is 0 Å². The molecule has 4 nitrogen and oxygen atoms in total. The van der Waals surface area contributed by atoms with E-state index < -0.39 is 0 Å². The third-order valence-corrected chi connectivity index (χ3v) is 13.2. The highest BCUT2D eigenvalue weighted by Gasteiger charge is 2.22. The molecular formula is C55H32N4S. The zero-order valence-corrected chi connectivity index (χ0v) is 33.0. The number of hydrogen-bond donors (Lipinski definition) is 0. The van der Waals surface area contributed by atoms with Crippen molar-refractivity contribution < 1.29 is 0 Å². The van der Waals surface area contributed by atoms with E-state index in [0.717, 1.165) is 44.2 Å². The maximum Gasteiger partial charge on any atom is 0.164 e. The van der Waals surface area contributed by atoms with Crippen molar-refractivity contribution in [2.24, 2.45) is 0 Å². The molecule has 0 saturated carbocycles. The van der Waals surface area contributed by atoms with Gasteiger partial charge < -0.3 is 4.57 Å². The highest BCUT2D eigenvalue weighted by molar-refractivity contribution is 7.26. The van der Waals surface area contributed by atoms with Crippen molar-refractivity contribution in [1.82, 2.24) is 19.5 Å². The van der Waals surface area contributed by atoms with E-state index in [0.29, 0.717) is 17.5 Å². The van der Waals surface area contributed by atoms with Gasteiger partial charge in [-0.3, -0.25) is 0 Å². The molecule has 10 aromatic carbocycles. The van der Waals surface area contributed by atoms with Crippen LogP contribution in [-0.2, 0) is 0 Å². The molecule has 0 unspecified atom stereocenters. The van der Waals surface area contributed by atoms with Crippen LogP contribution in [0.3, 0.4) is 0 Å². The first-order valence-electron chi connectivity index (χ1n) is 20.3. The topological polar surface area (TPSA) is 43.6 Å². The van der Waals surface area contributed by atoms with Gasteiger partial charge in [0.1, 0.15) is 0 Å². The van der Waals surface area contributed by atoms with Gasteiger partial charge in [0.25, 0.3) is 0 Å². The molecule has 0 bridgehead atoms. The van der Waals surface area contributed by atoms with Gasteiger partial charge in [-0.15, -0.1) is 11.3 Å². The summed E-state index contributed by atoms with van der Waals surface area (Å²) in [6, 6.07) is 69.9. The molecule has 278 valence electrons. The smallest absolute Gasteiger partial charge is 0.164 e. The predicted octanol–water partition coefficient (Wildman–Crippen LogP) is 15.0. The second-order valence-corrected chi connectivity index (χ2v) is 16.7. The molecule has 0 saturated heterocycles. The minimum Gasteiger partial charge on any atom is -0.309 e. The van der Waals surface area contributed by atoms with Crippen LogP contribution in [0.15, 0.2) is 194 Å². The number of thiophene rings is 1. The summed E-state index contributed by atoms with van der Waals surface area (Å²) in [6.45, 7) is 0. The van der Waals surface area contributed by atoms with Crippen molar-refractivity contribution >= 4 is 96.4 Å². The third kappa shape index (κ3) is 5.13. The van der Waals surface area contributed by atoms with Crippen LogP contribution in [0.25, 0.3) is 125 Å². The van der Waals surface area contributed by atoms with Gasteiger partial charge in [-0.25, -0.2) is 15.0 Å². The SMILES string of the molecule is c1ccc(-c2nc(-c3ccc4ccccc4c3)nc(-c3cc(-n4c5cc6ccccc6cc5c5c6ccccc6ccc54)cc4sc5cc6ccccc6cc5c34)n2)cc1. The molecule has 0 fully saturated rings. The maximum atomic E-state index is 5.41. The fourth-order valence-corrected chi connectivity index (χ4v) is 10.5. The molecule has 0 aliphatic rings. The quantitative estimate of drug-likeness (QED) is 0.179. The van der Waals surface area contributed by atoms with Crippen LogP contribution < -0.4 is 0 Å². The predicted molar refractivity (Wildman–Crippen MR) is 253 cm³/mol. The first-order chi connectivity index (χ1) is 29.7. The van der Waals surface area contributed by atoms with Crippen LogP contribution >= 0.6 is 11.3 Å². The lowest BCUT2D eigenvalue weighted by Gasteiger charge is -2.14. The highest BCUT2D eigenvalue weighted by Crippen LogP contribution is 2.45. The van der Waals surface area contributed by atoms with Crippen molar-refractivity contribution in [2.45, 2.75) is 0 Å². The Bertz CT molecular complexity index is 3900. The Morgan fingerprint density at radius 1 is 0.333 bits per heavy atom. The molecule has 0 amide bonds. The number of nitrogens with zero attached hydrogens (tertiary/aromatic N) is 4. The summed E-state index contributed by atoms with van der Waals surface area (Å²) in [5.41, 5.74) is 6.25. The largest absolute Gasteiger partial charge is 0.309 e. The molecular weight excluding hydrogens is 749 g/mol. The molecule has 0 radical (unpaired) electrons. The third-order valence-electron chi connectivity index (χ3n) is 12.1. The van der Waals surface area contributed by atoms with E-state index in [4.69, 9.17) is 15.0 Å². The van der Waals surface area contributed by atoms with Crippen LogP contribution in [0.5, 0.6) is 0 Å². The molecule has 0 aliphatic carbocycles. The average Bonchev–Trinajstić information content (AvgIpc) is 3.84. The molecule has 3 aromatic heterocycles. The second kappa shape index (κ2) is 12.9. The first kappa shape index (κ1) is 33.3. The average molecular weight is 781 g/mol. The van der Waals surface area contributed by atoms with Crippen LogP contribution in [0.2, 0.25) is 0 Å². The fourth-order valence-electron chi connectivity index (χ4n) is 9.30. The standard InChI is InChI=1S/C55H32N4S/c1-2-14-35(15-3-1)53-56-54(41-23-22-33-12-4-5-16-36(33)26-41)58-55(57-53)46-31-42(32-50-52(46)45-28-38-18-7-9-20-40(38)30-49(45)60-50)59-47-25-24-34-13-10-11-21-43(34)51(47)44-27-37-17-6-8-19-39(37)29-48(44)59/h1-32H. The van der Waals surface area contributed by atoms with Crippen molar-refractivity contribution in [3.8, 4) is 39.9 Å². The minimum absolute atomic E-state index is 0.641. The zero-order valence-electron chi connectivity index (χ0n) is 32.2. The molecule has 0 aliphatic heterocycles. The van der Waals surface area contributed by atoms with Crippen molar-refractivity contribution in [2.75, 3.05) is 0 Å². The lowest BCUT2D eigenvalue weighted by atomic mass is 10.0. The van der Waals surface area contributed by atoms with Gasteiger partial charge in [-0.05, 0) is 91.6 Å². The fraction of sp³-hybridized carbons (Fsp3) is 0. The van der Waals surface area contributed by atoms with Crippen LogP contribution in [-0.4, -0.2) is 19.5 Å². The molecule has 5 heteroatoms.